The molecule has 0 spiro atoms. The van der Waals surface area contributed by atoms with Gasteiger partial charge in [-0.25, -0.2) is 4.98 Å². The van der Waals surface area contributed by atoms with Gasteiger partial charge in [-0.2, -0.15) is 0 Å². The fourth-order valence-corrected chi connectivity index (χ4v) is 4.26. The summed E-state index contributed by atoms with van der Waals surface area (Å²) in [6, 6.07) is 18.4. The van der Waals surface area contributed by atoms with Crippen molar-refractivity contribution in [2.75, 3.05) is 31.2 Å². The van der Waals surface area contributed by atoms with E-state index in [2.05, 4.69) is 39.5 Å². The highest BCUT2D eigenvalue weighted by molar-refractivity contribution is 7.13. The summed E-state index contributed by atoms with van der Waals surface area (Å²) < 4.78 is 5.41. The Balaban J connectivity index is 1.33. The molecular formula is C23H25N3O2S. The lowest BCUT2D eigenvalue weighted by atomic mass is 10.1. The first-order valence-corrected chi connectivity index (χ1v) is 10.8. The zero-order valence-electron chi connectivity index (χ0n) is 16.5. The second-order valence-electron chi connectivity index (χ2n) is 7.17. The third-order valence-corrected chi connectivity index (χ3v) is 6.00. The molecule has 1 aliphatic heterocycles. The van der Waals surface area contributed by atoms with Gasteiger partial charge in [0.15, 0.2) is 0 Å². The van der Waals surface area contributed by atoms with E-state index in [4.69, 9.17) is 4.74 Å². The number of ether oxygens (including phenoxy) is 1. The Bertz CT molecular complexity index is 934. The maximum atomic E-state index is 12.5. The first-order chi connectivity index (χ1) is 14.2. The maximum Gasteiger partial charge on any atom is 0.226 e. The lowest BCUT2D eigenvalue weighted by Crippen LogP contribution is -2.36. The Morgan fingerprint density at radius 2 is 1.86 bits per heavy atom. The summed E-state index contributed by atoms with van der Waals surface area (Å²) in [6.07, 6.45) is 0.291. The molecule has 0 unspecified atom stereocenters. The number of carbonyl (C=O) groups excluding carboxylic acids is 1. The molecule has 1 N–H and O–H groups in total. The van der Waals surface area contributed by atoms with Crippen LogP contribution in [0.2, 0.25) is 0 Å². The van der Waals surface area contributed by atoms with Crippen LogP contribution in [0.5, 0.6) is 0 Å². The SMILES string of the molecule is C[C@H](NC(=O)Cc1csc(-c2ccccc2)n1)c1ccc(N2CCOCC2)cc1. The molecule has 1 atom stereocenters. The normalized spacial score (nSPS) is 15.1. The van der Waals surface area contributed by atoms with Crippen molar-refractivity contribution in [2.24, 2.45) is 0 Å². The molecule has 5 nitrogen and oxygen atoms in total. The Labute approximate surface area is 175 Å². The van der Waals surface area contributed by atoms with Gasteiger partial charge in [-0.3, -0.25) is 4.79 Å². The average Bonchev–Trinajstić information content (AvgIpc) is 3.23. The third-order valence-electron chi connectivity index (χ3n) is 5.06. The van der Waals surface area contributed by atoms with Crippen molar-refractivity contribution >= 4 is 22.9 Å². The highest BCUT2D eigenvalue weighted by Gasteiger charge is 2.14. The van der Waals surface area contributed by atoms with Crippen LogP contribution in [0.15, 0.2) is 60.0 Å². The van der Waals surface area contributed by atoms with Gasteiger partial charge in [0.05, 0.1) is 31.4 Å². The van der Waals surface area contributed by atoms with Crippen LogP contribution in [0.25, 0.3) is 10.6 Å². The molecule has 2 aromatic carbocycles. The van der Waals surface area contributed by atoms with Crippen molar-refractivity contribution in [3.8, 4) is 10.6 Å². The van der Waals surface area contributed by atoms with E-state index in [9.17, 15) is 4.79 Å². The number of aromatic nitrogens is 1. The van der Waals surface area contributed by atoms with E-state index < -0.39 is 0 Å². The lowest BCUT2D eigenvalue weighted by molar-refractivity contribution is -0.121. The number of hydrogen-bond acceptors (Lipinski definition) is 5. The molecule has 0 bridgehead atoms. The van der Waals surface area contributed by atoms with Crippen LogP contribution in [0.1, 0.15) is 24.2 Å². The van der Waals surface area contributed by atoms with Gasteiger partial charge < -0.3 is 15.0 Å². The van der Waals surface area contributed by atoms with Gasteiger partial charge in [0, 0.05) is 29.7 Å². The van der Waals surface area contributed by atoms with Crippen LogP contribution in [0, 0.1) is 0 Å². The summed E-state index contributed by atoms with van der Waals surface area (Å²) in [5.41, 5.74) is 4.18. The van der Waals surface area contributed by atoms with Crippen LogP contribution in [-0.4, -0.2) is 37.2 Å². The number of rotatable bonds is 6. The Kier molecular flexibility index (Phi) is 6.22. The molecule has 0 radical (unpaired) electrons. The summed E-state index contributed by atoms with van der Waals surface area (Å²) in [5.74, 6) is -0.0142. The highest BCUT2D eigenvalue weighted by atomic mass is 32.1. The van der Waals surface area contributed by atoms with Gasteiger partial charge >= 0.3 is 0 Å². The van der Waals surface area contributed by atoms with Crippen LogP contribution in [-0.2, 0) is 16.0 Å². The fraction of sp³-hybridized carbons (Fsp3) is 0.304. The molecule has 1 saturated heterocycles. The molecule has 0 saturated carbocycles. The highest BCUT2D eigenvalue weighted by Crippen LogP contribution is 2.24. The van der Waals surface area contributed by atoms with E-state index in [0.29, 0.717) is 6.42 Å². The number of nitrogens with zero attached hydrogens (tertiary/aromatic N) is 2. The van der Waals surface area contributed by atoms with Crippen molar-refractivity contribution in [1.82, 2.24) is 10.3 Å². The number of thiazole rings is 1. The second-order valence-corrected chi connectivity index (χ2v) is 8.03. The van der Waals surface area contributed by atoms with E-state index in [0.717, 1.165) is 48.1 Å². The van der Waals surface area contributed by atoms with Crippen LogP contribution in [0.3, 0.4) is 0 Å². The quantitative estimate of drug-likeness (QED) is 0.669. The molecule has 1 amide bonds. The molecular weight excluding hydrogens is 382 g/mol. The van der Waals surface area contributed by atoms with E-state index >= 15 is 0 Å². The van der Waals surface area contributed by atoms with Crippen molar-refractivity contribution in [2.45, 2.75) is 19.4 Å². The Morgan fingerprint density at radius 1 is 1.14 bits per heavy atom. The molecule has 1 aromatic heterocycles. The molecule has 0 aliphatic carbocycles. The molecule has 1 fully saturated rings. The van der Waals surface area contributed by atoms with Gasteiger partial charge in [-0.05, 0) is 24.6 Å². The van der Waals surface area contributed by atoms with Gasteiger partial charge in [-0.15, -0.1) is 11.3 Å². The molecule has 6 heteroatoms. The molecule has 29 heavy (non-hydrogen) atoms. The Morgan fingerprint density at radius 3 is 2.59 bits per heavy atom. The summed E-state index contributed by atoms with van der Waals surface area (Å²) in [7, 11) is 0. The first kappa shape index (κ1) is 19.6. The minimum absolute atomic E-state index is 0.0142. The summed E-state index contributed by atoms with van der Waals surface area (Å²) >= 11 is 1.57. The van der Waals surface area contributed by atoms with Crippen LogP contribution < -0.4 is 10.2 Å². The summed E-state index contributed by atoms with van der Waals surface area (Å²) in [5, 5.41) is 5.99. The van der Waals surface area contributed by atoms with Gasteiger partial charge in [0.1, 0.15) is 5.01 Å². The van der Waals surface area contributed by atoms with E-state index in [1.54, 1.807) is 11.3 Å². The lowest BCUT2D eigenvalue weighted by Gasteiger charge is -2.29. The Hall–Kier alpha value is -2.70. The zero-order chi connectivity index (χ0) is 20.1. The number of nitrogens with one attached hydrogen (secondary N) is 1. The monoisotopic (exact) mass is 407 g/mol. The molecule has 4 rings (SSSR count). The predicted molar refractivity (Wildman–Crippen MR) is 117 cm³/mol. The molecule has 150 valence electrons. The van der Waals surface area contributed by atoms with Gasteiger partial charge in [0.25, 0.3) is 0 Å². The van der Waals surface area contributed by atoms with E-state index in [1.165, 1.54) is 5.69 Å². The number of morpholine rings is 1. The van der Waals surface area contributed by atoms with Crippen molar-refractivity contribution in [1.29, 1.82) is 0 Å². The number of carbonyl (C=O) groups is 1. The third kappa shape index (κ3) is 5.02. The maximum absolute atomic E-state index is 12.5. The summed E-state index contributed by atoms with van der Waals surface area (Å²) in [6.45, 7) is 5.40. The minimum atomic E-state index is -0.0477. The first-order valence-electron chi connectivity index (χ1n) is 9.91. The van der Waals surface area contributed by atoms with E-state index in [-0.39, 0.29) is 11.9 Å². The fourth-order valence-electron chi connectivity index (χ4n) is 3.44. The van der Waals surface area contributed by atoms with Crippen LogP contribution in [0.4, 0.5) is 5.69 Å². The molecule has 2 heterocycles. The summed E-state index contributed by atoms with van der Waals surface area (Å²) in [4.78, 5) is 19.4. The van der Waals surface area contributed by atoms with Gasteiger partial charge in [0.2, 0.25) is 5.91 Å². The van der Waals surface area contributed by atoms with E-state index in [1.807, 2.05) is 42.6 Å². The second kappa shape index (κ2) is 9.20. The minimum Gasteiger partial charge on any atom is -0.378 e. The van der Waals surface area contributed by atoms with Crippen molar-refractivity contribution in [3.63, 3.8) is 0 Å². The van der Waals surface area contributed by atoms with Crippen molar-refractivity contribution in [3.05, 3.63) is 71.2 Å². The number of hydrogen-bond donors (Lipinski definition) is 1. The molecule has 3 aromatic rings. The average molecular weight is 408 g/mol. The number of amides is 1. The predicted octanol–water partition coefficient (Wildman–Crippen LogP) is 4.07. The number of benzene rings is 2. The van der Waals surface area contributed by atoms with Crippen LogP contribution >= 0.6 is 11.3 Å². The van der Waals surface area contributed by atoms with Crippen molar-refractivity contribution < 1.29 is 9.53 Å². The number of anilines is 1. The smallest absolute Gasteiger partial charge is 0.226 e. The zero-order valence-corrected chi connectivity index (χ0v) is 17.3. The van der Waals surface area contributed by atoms with Gasteiger partial charge in [-0.1, -0.05) is 42.5 Å². The molecule has 1 aliphatic rings. The topological polar surface area (TPSA) is 54.5 Å². The standard InChI is InChI=1S/C23H25N3O2S/c1-17(18-7-9-21(10-8-18)26-11-13-28-14-12-26)24-22(27)15-20-16-29-23(25-20)19-5-3-2-4-6-19/h2-10,16-17H,11-15H2,1H3,(H,24,27)/t17-/m0/s1. The largest absolute Gasteiger partial charge is 0.378 e.